The Morgan fingerprint density at radius 1 is 1.21 bits per heavy atom. The van der Waals surface area contributed by atoms with Gasteiger partial charge in [0, 0.05) is 31.4 Å². The van der Waals surface area contributed by atoms with Gasteiger partial charge in [-0.25, -0.2) is 9.97 Å². The fraction of sp³-hybridized carbons (Fsp3) is 0.522. The zero-order chi connectivity index (χ0) is 20.1. The summed E-state index contributed by atoms with van der Waals surface area (Å²) in [6.45, 7) is 5.31. The van der Waals surface area contributed by atoms with Crippen molar-refractivity contribution in [2.75, 3.05) is 38.2 Å². The number of hydrogen-bond donors (Lipinski definition) is 1. The van der Waals surface area contributed by atoms with Gasteiger partial charge in [0.1, 0.15) is 0 Å². The number of rotatable bonds is 5. The summed E-state index contributed by atoms with van der Waals surface area (Å²) in [4.78, 5) is 24.3. The number of nitrogens with one attached hydrogen (secondary N) is 1. The number of aromatic nitrogens is 2. The number of ether oxygens (including phenoxy) is 1. The Kier molecular flexibility index (Phi) is 6.39. The quantitative estimate of drug-likeness (QED) is 0.833. The van der Waals surface area contributed by atoms with Crippen molar-refractivity contribution in [1.82, 2.24) is 14.9 Å². The maximum Gasteiger partial charge on any atom is 0.257 e. The van der Waals surface area contributed by atoms with Crippen LogP contribution in [0.3, 0.4) is 0 Å². The molecule has 1 aromatic heterocycles. The molecular formula is C23H30N4O2. The molecule has 4 rings (SSSR count). The number of aryl methyl sites for hydroxylation is 1. The summed E-state index contributed by atoms with van der Waals surface area (Å²) in [5, 5.41) is 3.42. The second-order valence-electron chi connectivity index (χ2n) is 8.11. The lowest BCUT2D eigenvalue weighted by atomic mass is 9.89. The van der Waals surface area contributed by atoms with Crippen LogP contribution in [0.2, 0.25) is 0 Å². The first kappa shape index (κ1) is 19.8. The third-order valence-electron chi connectivity index (χ3n) is 5.88. The molecule has 2 heterocycles. The highest BCUT2D eigenvalue weighted by Gasteiger charge is 2.24. The summed E-state index contributed by atoms with van der Waals surface area (Å²) in [5.74, 6) is 1.26. The average molecular weight is 395 g/mol. The van der Waals surface area contributed by atoms with Crippen LogP contribution < -0.4 is 5.32 Å². The van der Waals surface area contributed by atoms with Crippen LogP contribution in [-0.2, 0) is 4.74 Å². The third kappa shape index (κ3) is 4.93. The Bertz CT molecular complexity index is 843. The largest absolute Gasteiger partial charge is 0.378 e. The van der Waals surface area contributed by atoms with Crippen molar-refractivity contribution in [3.05, 3.63) is 41.6 Å². The van der Waals surface area contributed by atoms with Crippen molar-refractivity contribution in [3.8, 4) is 11.3 Å². The number of amides is 1. The number of morpholine rings is 1. The van der Waals surface area contributed by atoms with E-state index in [0.29, 0.717) is 49.4 Å². The molecule has 1 aliphatic heterocycles. The molecule has 0 spiro atoms. The van der Waals surface area contributed by atoms with Gasteiger partial charge in [-0.15, -0.1) is 0 Å². The highest BCUT2D eigenvalue weighted by molar-refractivity contribution is 6.00. The predicted molar refractivity (Wildman–Crippen MR) is 114 cm³/mol. The van der Waals surface area contributed by atoms with Gasteiger partial charge in [-0.05, 0) is 31.7 Å². The first-order chi connectivity index (χ1) is 14.2. The Labute approximate surface area is 172 Å². The minimum atomic E-state index is -0.0244. The highest BCUT2D eigenvalue weighted by Crippen LogP contribution is 2.26. The molecule has 1 aliphatic carbocycles. The van der Waals surface area contributed by atoms with E-state index in [2.05, 4.69) is 29.4 Å². The van der Waals surface area contributed by atoms with Crippen molar-refractivity contribution >= 4 is 11.9 Å². The summed E-state index contributed by atoms with van der Waals surface area (Å²) in [7, 11) is 0. The highest BCUT2D eigenvalue weighted by atomic mass is 16.5. The van der Waals surface area contributed by atoms with Gasteiger partial charge in [0.25, 0.3) is 5.91 Å². The van der Waals surface area contributed by atoms with Gasteiger partial charge in [0.15, 0.2) is 0 Å². The van der Waals surface area contributed by atoms with Crippen LogP contribution in [-0.4, -0.2) is 53.6 Å². The van der Waals surface area contributed by atoms with Crippen molar-refractivity contribution in [1.29, 1.82) is 0 Å². The lowest BCUT2D eigenvalue weighted by Gasteiger charge is -2.27. The van der Waals surface area contributed by atoms with Crippen molar-refractivity contribution in [3.63, 3.8) is 0 Å². The first-order valence-corrected chi connectivity index (χ1v) is 10.8. The zero-order valence-corrected chi connectivity index (χ0v) is 17.2. The monoisotopic (exact) mass is 394 g/mol. The lowest BCUT2D eigenvalue weighted by Crippen LogP contribution is -2.41. The molecule has 2 fully saturated rings. The minimum Gasteiger partial charge on any atom is -0.378 e. The Morgan fingerprint density at radius 2 is 2.00 bits per heavy atom. The first-order valence-electron chi connectivity index (χ1n) is 10.8. The number of hydrogen-bond acceptors (Lipinski definition) is 5. The van der Waals surface area contributed by atoms with Crippen LogP contribution in [0.5, 0.6) is 0 Å². The van der Waals surface area contributed by atoms with Crippen LogP contribution in [0.4, 0.5) is 5.95 Å². The zero-order valence-electron chi connectivity index (χ0n) is 17.2. The van der Waals surface area contributed by atoms with Crippen LogP contribution in [0.1, 0.15) is 48.0 Å². The third-order valence-corrected chi connectivity index (χ3v) is 5.88. The number of carbonyl (C=O) groups excluding carboxylic acids is 1. The van der Waals surface area contributed by atoms with Gasteiger partial charge in [-0.2, -0.15) is 0 Å². The number of benzene rings is 1. The SMILES string of the molecule is Cc1cccc(-c2nc(NCC3CCCCC3)ncc2C(=O)N2CCOCC2)c1. The number of carbonyl (C=O) groups is 1. The van der Waals surface area contributed by atoms with E-state index in [9.17, 15) is 4.79 Å². The van der Waals surface area contributed by atoms with Crippen molar-refractivity contribution in [2.45, 2.75) is 39.0 Å². The average Bonchev–Trinajstić information content (AvgIpc) is 2.78. The fourth-order valence-corrected chi connectivity index (χ4v) is 4.20. The molecule has 2 aromatic rings. The van der Waals surface area contributed by atoms with E-state index >= 15 is 0 Å². The van der Waals surface area contributed by atoms with Crippen molar-refractivity contribution in [2.24, 2.45) is 5.92 Å². The second kappa shape index (κ2) is 9.35. The van der Waals surface area contributed by atoms with E-state index in [0.717, 1.165) is 17.7 Å². The molecule has 1 N–H and O–H groups in total. The van der Waals surface area contributed by atoms with E-state index in [1.54, 1.807) is 6.20 Å². The Hall–Kier alpha value is -2.47. The Balaban J connectivity index is 1.60. The Morgan fingerprint density at radius 3 is 2.76 bits per heavy atom. The molecule has 29 heavy (non-hydrogen) atoms. The van der Waals surface area contributed by atoms with Gasteiger partial charge in [0.2, 0.25) is 5.95 Å². The molecule has 0 unspecified atom stereocenters. The van der Waals surface area contributed by atoms with Crippen LogP contribution in [0.25, 0.3) is 11.3 Å². The van der Waals surface area contributed by atoms with Gasteiger partial charge in [-0.1, -0.05) is 43.0 Å². The predicted octanol–water partition coefficient (Wildman–Crippen LogP) is 3.92. The van der Waals surface area contributed by atoms with Gasteiger partial charge < -0.3 is 15.0 Å². The number of anilines is 1. The molecule has 1 saturated heterocycles. The van der Waals surface area contributed by atoms with E-state index in [1.165, 1.54) is 32.1 Å². The molecule has 1 aromatic carbocycles. The summed E-state index contributed by atoms with van der Waals surface area (Å²) < 4.78 is 5.39. The lowest BCUT2D eigenvalue weighted by molar-refractivity contribution is 0.0303. The van der Waals surface area contributed by atoms with Crippen molar-refractivity contribution < 1.29 is 9.53 Å². The molecule has 1 saturated carbocycles. The number of nitrogens with zero attached hydrogens (tertiary/aromatic N) is 3. The van der Waals surface area contributed by atoms with Gasteiger partial charge in [-0.3, -0.25) is 4.79 Å². The summed E-state index contributed by atoms with van der Waals surface area (Å²) in [6.07, 6.45) is 8.20. The topological polar surface area (TPSA) is 67.4 Å². The molecule has 6 heteroatoms. The van der Waals surface area contributed by atoms with E-state index in [4.69, 9.17) is 9.72 Å². The molecule has 0 radical (unpaired) electrons. The normalized spacial score (nSPS) is 17.9. The second-order valence-corrected chi connectivity index (χ2v) is 8.11. The smallest absolute Gasteiger partial charge is 0.257 e. The molecule has 154 valence electrons. The molecular weight excluding hydrogens is 364 g/mol. The minimum absolute atomic E-state index is 0.0244. The maximum atomic E-state index is 13.2. The molecule has 0 atom stereocenters. The molecule has 6 nitrogen and oxygen atoms in total. The summed E-state index contributed by atoms with van der Waals surface area (Å²) >= 11 is 0. The van der Waals surface area contributed by atoms with E-state index in [-0.39, 0.29) is 5.91 Å². The van der Waals surface area contributed by atoms with Crippen LogP contribution in [0.15, 0.2) is 30.5 Å². The summed E-state index contributed by atoms with van der Waals surface area (Å²) in [5.41, 5.74) is 3.35. The standard InChI is InChI=1S/C23H30N4O2/c1-17-6-5-9-19(14-17)21-20(22(28)27-10-12-29-13-11-27)16-25-23(26-21)24-15-18-7-3-2-4-8-18/h5-6,9,14,16,18H,2-4,7-8,10-13,15H2,1H3,(H,24,25,26). The summed E-state index contributed by atoms with van der Waals surface area (Å²) in [6, 6.07) is 8.14. The van der Waals surface area contributed by atoms with E-state index < -0.39 is 0 Å². The molecule has 0 bridgehead atoms. The van der Waals surface area contributed by atoms with Gasteiger partial charge >= 0.3 is 0 Å². The molecule has 1 amide bonds. The fourth-order valence-electron chi connectivity index (χ4n) is 4.20. The van der Waals surface area contributed by atoms with Crippen LogP contribution >= 0.6 is 0 Å². The molecule has 2 aliphatic rings. The van der Waals surface area contributed by atoms with E-state index in [1.807, 2.05) is 17.0 Å². The van der Waals surface area contributed by atoms with Crippen LogP contribution in [0, 0.1) is 12.8 Å². The van der Waals surface area contributed by atoms with Gasteiger partial charge in [0.05, 0.1) is 24.5 Å². The maximum absolute atomic E-state index is 13.2.